The van der Waals surface area contributed by atoms with Crippen molar-refractivity contribution in [1.82, 2.24) is 24.7 Å². The Morgan fingerprint density at radius 2 is 1.80 bits per heavy atom. The van der Waals surface area contributed by atoms with Crippen LogP contribution in [0.5, 0.6) is 0 Å². The summed E-state index contributed by atoms with van der Waals surface area (Å²) in [5.74, 6) is 2.50. The van der Waals surface area contributed by atoms with Crippen LogP contribution >= 0.6 is 11.8 Å². The summed E-state index contributed by atoms with van der Waals surface area (Å²) in [5, 5.41) is 8.44. The minimum absolute atomic E-state index is 0.0902. The molecule has 0 amide bonds. The van der Waals surface area contributed by atoms with Gasteiger partial charge in [0.1, 0.15) is 11.6 Å². The van der Waals surface area contributed by atoms with Gasteiger partial charge < -0.3 is 4.42 Å². The predicted molar refractivity (Wildman–Crippen MR) is 115 cm³/mol. The first-order valence-electron chi connectivity index (χ1n) is 9.39. The van der Waals surface area contributed by atoms with Gasteiger partial charge in [0.25, 0.3) is 5.56 Å². The van der Waals surface area contributed by atoms with Gasteiger partial charge in [0.2, 0.25) is 5.16 Å². The fourth-order valence-electron chi connectivity index (χ4n) is 3.21. The molecular weight excluding hydrogens is 398 g/mol. The molecule has 0 spiro atoms. The van der Waals surface area contributed by atoms with Crippen molar-refractivity contribution in [2.45, 2.75) is 17.5 Å². The highest BCUT2D eigenvalue weighted by molar-refractivity contribution is 7.98. The van der Waals surface area contributed by atoms with Crippen molar-refractivity contribution >= 4 is 22.7 Å². The Kier molecular flexibility index (Phi) is 4.90. The smallest absolute Gasteiger partial charge is 0.261 e. The summed E-state index contributed by atoms with van der Waals surface area (Å²) in [6, 6.07) is 20.8. The highest BCUT2D eigenvalue weighted by Gasteiger charge is 2.14. The number of para-hydroxylation sites is 1. The van der Waals surface area contributed by atoms with Gasteiger partial charge in [-0.25, -0.2) is 9.97 Å². The largest absolute Gasteiger partial charge is 0.467 e. The average Bonchev–Trinajstić information content (AvgIpc) is 3.47. The zero-order valence-corrected chi connectivity index (χ0v) is 16.7. The van der Waals surface area contributed by atoms with Crippen molar-refractivity contribution in [2.75, 3.05) is 0 Å². The molecule has 0 bridgehead atoms. The minimum Gasteiger partial charge on any atom is -0.467 e. The first-order valence-corrected chi connectivity index (χ1v) is 10.4. The van der Waals surface area contributed by atoms with Crippen molar-refractivity contribution in [3.8, 4) is 11.4 Å². The number of aromatic nitrogens is 5. The fraction of sp³-hybridized carbons (Fsp3) is 0.0909. The zero-order valence-electron chi connectivity index (χ0n) is 15.9. The van der Waals surface area contributed by atoms with Gasteiger partial charge in [-0.1, -0.05) is 54.2 Å². The van der Waals surface area contributed by atoms with Crippen LogP contribution < -0.4 is 5.56 Å². The third-order valence-corrected chi connectivity index (χ3v) is 5.52. The molecule has 7 nitrogen and oxygen atoms in total. The Labute approximate surface area is 175 Å². The molecule has 0 unspecified atom stereocenters. The lowest BCUT2D eigenvalue weighted by Gasteiger charge is -2.11. The Morgan fingerprint density at radius 1 is 0.967 bits per heavy atom. The maximum Gasteiger partial charge on any atom is 0.261 e. The van der Waals surface area contributed by atoms with Gasteiger partial charge >= 0.3 is 0 Å². The Balaban J connectivity index is 1.46. The number of H-pyrrole nitrogens is 1. The van der Waals surface area contributed by atoms with Gasteiger partial charge in [-0.05, 0) is 24.3 Å². The van der Waals surface area contributed by atoms with E-state index >= 15 is 0 Å². The molecule has 5 aromatic rings. The number of nitrogens with one attached hydrogen (secondary N) is 1. The van der Waals surface area contributed by atoms with E-state index in [1.165, 1.54) is 11.8 Å². The van der Waals surface area contributed by atoms with Crippen molar-refractivity contribution in [3.63, 3.8) is 0 Å². The molecule has 2 aromatic carbocycles. The number of nitrogens with zero attached hydrogens (tertiary/aromatic N) is 4. The Morgan fingerprint density at radius 3 is 2.63 bits per heavy atom. The Hall–Kier alpha value is -3.65. The first kappa shape index (κ1) is 18.4. The molecule has 1 N–H and O–H groups in total. The summed E-state index contributed by atoms with van der Waals surface area (Å²) in [4.78, 5) is 22.4. The lowest BCUT2D eigenvalue weighted by Crippen LogP contribution is -2.25. The van der Waals surface area contributed by atoms with E-state index in [9.17, 15) is 4.79 Å². The van der Waals surface area contributed by atoms with Crippen LogP contribution in [0, 0.1) is 0 Å². The van der Waals surface area contributed by atoms with E-state index in [0.717, 1.165) is 5.56 Å². The van der Waals surface area contributed by atoms with E-state index in [4.69, 9.17) is 9.40 Å². The maximum absolute atomic E-state index is 13.1. The molecule has 8 heteroatoms. The number of hydrogen-bond donors (Lipinski definition) is 1. The molecule has 0 radical (unpaired) electrons. The second-order valence-corrected chi connectivity index (χ2v) is 7.58. The number of rotatable bonds is 6. The third kappa shape index (κ3) is 3.65. The van der Waals surface area contributed by atoms with E-state index < -0.39 is 0 Å². The third-order valence-electron chi connectivity index (χ3n) is 4.68. The number of thioether (sulfide) groups is 1. The number of hydrogen-bond acceptors (Lipinski definition) is 6. The molecule has 5 rings (SSSR count). The monoisotopic (exact) mass is 415 g/mol. The molecule has 0 aliphatic carbocycles. The Bertz CT molecular complexity index is 1340. The van der Waals surface area contributed by atoms with Crippen molar-refractivity contribution < 1.29 is 4.42 Å². The summed E-state index contributed by atoms with van der Waals surface area (Å²) < 4.78 is 7.10. The molecule has 0 saturated carbocycles. The molecule has 148 valence electrons. The standard InChI is InChI=1S/C22H17N5O2S/c28-21-17-10-4-5-11-18(17)23-19(27(21)13-16-9-6-12-29-16)14-30-22-24-20(25-26-22)15-7-2-1-3-8-15/h1-12H,13-14H2,(H,24,25,26). The average molecular weight is 415 g/mol. The van der Waals surface area contributed by atoms with Crippen LogP contribution in [0.3, 0.4) is 0 Å². The quantitative estimate of drug-likeness (QED) is 0.420. The van der Waals surface area contributed by atoms with Gasteiger partial charge in [0.05, 0.1) is 29.5 Å². The van der Waals surface area contributed by atoms with Crippen LogP contribution in [-0.4, -0.2) is 24.7 Å². The van der Waals surface area contributed by atoms with E-state index in [-0.39, 0.29) is 5.56 Å². The topological polar surface area (TPSA) is 89.6 Å². The summed E-state index contributed by atoms with van der Waals surface area (Å²) in [6.07, 6.45) is 1.60. The van der Waals surface area contributed by atoms with Crippen LogP contribution in [0.1, 0.15) is 11.6 Å². The SMILES string of the molecule is O=c1c2ccccc2nc(CSc2n[nH]c(-c3ccccc3)n2)n1Cc1ccco1. The van der Waals surface area contributed by atoms with Crippen molar-refractivity contribution in [3.05, 3.63) is 94.9 Å². The molecule has 3 aromatic heterocycles. The zero-order chi connectivity index (χ0) is 20.3. The molecule has 3 heterocycles. The van der Waals surface area contributed by atoms with E-state index in [0.29, 0.717) is 45.8 Å². The highest BCUT2D eigenvalue weighted by atomic mass is 32.2. The van der Waals surface area contributed by atoms with E-state index in [2.05, 4.69) is 15.2 Å². The fourth-order valence-corrected chi connectivity index (χ4v) is 3.96. The second kappa shape index (κ2) is 8.00. The molecular formula is C22H17N5O2S. The number of benzene rings is 2. The normalized spacial score (nSPS) is 11.2. The summed E-state index contributed by atoms with van der Waals surface area (Å²) in [5.41, 5.74) is 1.55. The van der Waals surface area contributed by atoms with Crippen LogP contribution in [0.25, 0.3) is 22.3 Å². The van der Waals surface area contributed by atoms with E-state index in [1.807, 2.05) is 60.7 Å². The first-order chi connectivity index (χ1) is 14.8. The minimum atomic E-state index is -0.0902. The van der Waals surface area contributed by atoms with Gasteiger partial charge in [-0.15, -0.1) is 5.10 Å². The molecule has 0 aliphatic heterocycles. The molecule has 0 fully saturated rings. The molecule has 30 heavy (non-hydrogen) atoms. The molecule has 0 saturated heterocycles. The maximum atomic E-state index is 13.1. The second-order valence-electron chi connectivity index (χ2n) is 6.64. The van der Waals surface area contributed by atoms with E-state index in [1.54, 1.807) is 16.9 Å². The lowest BCUT2D eigenvalue weighted by molar-refractivity contribution is 0.485. The predicted octanol–water partition coefficient (Wildman–Crippen LogP) is 4.12. The van der Waals surface area contributed by atoms with Crippen LogP contribution in [0.4, 0.5) is 0 Å². The van der Waals surface area contributed by atoms with Gasteiger partial charge in [0, 0.05) is 5.56 Å². The summed E-state index contributed by atoms with van der Waals surface area (Å²) in [7, 11) is 0. The van der Waals surface area contributed by atoms with Gasteiger partial charge in [-0.2, -0.15) is 0 Å². The summed E-state index contributed by atoms with van der Waals surface area (Å²) in [6.45, 7) is 0.322. The van der Waals surface area contributed by atoms with Crippen LogP contribution in [0.15, 0.2) is 87.4 Å². The number of aromatic amines is 1. The van der Waals surface area contributed by atoms with Crippen LogP contribution in [0.2, 0.25) is 0 Å². The van der Waals surface area contributed by atoms with Gasteiger partial charge in [-0.3, -0.25) is 14.5 Å². The van der Waals surface area contributed by atoms with Gasteiger partial charge in [0.15, 0.2) is 5.82 Å². The number of fused-ring (bicyclic) bond motifs is 1. The highest BCUT2D eigenvalue weighted by Crippen LogP contribution is 2.22. The summed E-state index contributed by atoms with van der Waals surface area (Å²) >= 11 is 1.43. The van der Waals surface area contributed by atoms with Crippen molar-refractivity contribution in [1.29, 1.82) is 0 Å². The van der Waals surface area contributed by atoms with Crippen molar-refractivity contribution in [2.24, 2.45) is 0 Å². The number of furan rings is 1. The van der Waals surface area contributed by atoms with Crippen LogP contribution in [-0.2, 0) is 12.3 Å². The lowest BCUT2D eigenvalue weighted by atomic mass is 10.2. The molecule has 0 atom stereocenters. The molecule has 0 aliphatic rings.